The third-order valence-electron chi connectivity index (χ3n) is 4.94. The fraction of sp³-hybridized carbons (Fsp3) is 0.115. The van der Waals surface area contributed by atoms with E-state index < -0.39 is 0 Å². The highest BCUT2D eigenvalue weighted by Gasteiger charge is 2.18. The Bertz CT molecular complexity index is 1230. The number of nitrogens with zero attached hydrogens (tertiary/aromatic N) is 1. The molecule has 5 heteroatoms. The van der Waals surface area contributed by atoms with Gasteiger partial charge >= 0.3 is 0 Å². The molecule has 0 bridgehead atoms. The maximum atomic E-state index is 12.9. The Morgan fingerprint density at radius 3 is 2.26 bits per heavy atom. The topological polar surface area (TPSA) is 59.1 Å². The van der Waals surface area contributed by atoms with Crippen LogP contribution in [0.4, 0.5) is 5.69 Å². The van der Waals surface area contributed by atoms with Gasteiger partial charge in [-0.15, -0.1) is 11.3 Å². The number of aryl methyl sites for hydroxylation is 1. The average Bonchev–Trinajstić information content (AvgIpc) is 3.18. The average molecular weight is 427 g/mol. The Labute approximate surface area is 185 Å². The molecule has 0 spiro atoms. The minimum Gasteiger partial charge on any atom is -0.325 e. The number of para-hydroxylation sites is 1. The van der Waals surface area contributed by atoms with Crippen molar-refractivity contribution < 1.29 is 9.59 Å². The van der Waals surface area contributed by atoms with Crippen molar-refractivity contribution in [3.63, 3.8) is 0 Å². The summed E-state index contributed by atoms with van der Waals surface area (Å²) < 4.78 is 0. The van der Waals surface area contributed by atoms with Crippen LogP contribution < -0.4 is 5.32 Å². The summed E-state index contributed by atoms with van der Waals surface area (Å²) in [5.74, 6) is -0.289. The van der Waals surface area contributed by atoms with Crippen molar-refractivity contribution in [1.29, 1.82) is 0 Å². The molecule has 0 aliphatic heterocycles. The number of thiazole rings is 1. The lowest BCUT2D eigenvalue weighted by molar-refractivity contribution is -0.115. The van der Waals surface area contributed by atoms with Gasteiger partial charge in [0.05, 0.1) is 22.7 Å². The van der Waals surface area contributed by atoms with Crippen LogP contribution in [-0.4, -0.2) is 16.7 Å². The fourth-order valence-electron chi connectivity index (χ4n) is 3.35. The molecule has 1 amide bonds. The van der Waals surface area contributed by atoms with Crippen LogP contribution in [0.25, 0.3) is 21.0 Å². The van der Waals surface area contributed by atoms with E-state index in [0.717, 1.165) is 26.7 Å². The van der Waals surface area contributed by atoms with Crippen LogP contribution in [-0.2, 0) is 11.2 Å². The molecular formula is C26H22N2O2S. The standard InChI is InChI=1S/C26H22N2O2S/c1-17-12-14-19(15-13-17)25-23(28-26(31-25)20-8-4-3-5-9-20)16-24(30)27-22-11-7-6-10-21(22)18(2)29/h3-15H,16H2,1-2H3,(H,27,30). The van der Waals surface area contributed by atoms with Crippen LogP contribution in [0.15, 0.2) is 78.9 Å². The third kappa shape index (κ3) is 4.78. The second-order valence-electron chi connectivity index (χ2n) is 7.35. The van der Waals surface area contributed by atoms with E-state index >= 15 is 0 Å². The van der Waals surface area contributed by atoms with Gasteiger partial charge in [0.25, 0.3) is 0 Å². The number of carbonyl (C=O) groups is 2. The van der Waals surface area contributed by atoms with Crippen LogP contribution in [0, 0.1) is 6.92 Å². The number of ketones is 1. The predicted octanol–water partition coefficient (Wildman–Crippen LogP) is 6.17. The van der Waals surface area contributed by atoms with Crippen molar-refractivity contribution in [3.05, 3.63) is 95.7 Å². The predicted molar refractivity (Wildman–Crippen MR) is 127 cm³/mol. The molecule has 154 valence electrons. The molecule has 0 radical (unpaired) electrons. The smallest absolute Gasteiger partial charge is 0.230 e. The molecule has 1 N–H and O–H groups in total. The first-order valence-electron chi connectivity index (χ1n) is 10.0. The van der Waals surface area contributed by atoms with E-state index in [1.165, 1.54) is 12.5 Å². The molecule has 0 aliphatic rings. The largest absolute Gasteiger partial charge is 0.325 e. The monoisotopic (exact) mass is 426 g/mol. The molecule has 0 saturated heterocycles. The van der Waals surface area contributed by atoms with Crippen LogP contribution in [0.3, 0.4) is 0 Å². The molecule has 3 aromatic carbocycles. The van der Waals surface area contributed by atoms with Crippen molar-refractivity contribution in [2.75, 3.05) is 5.32 Å². The molecule has 0 atom stereocenters. The Morgan fingerprint density at radius 1 is 0.871 bits per heavy atom. The van der Waals surface area contributed by atoms with Gasteiger partial charge in [-0.2, -0.15) is 0 Å². The molecule has 31 heavy (non-hydrogen) atoms. The van der Waals surface area contributed by atoms with Crippen molar-refractivity contribution >= 4 is 28.7 Å². The molecule has 4 aromatic rings. The number of anilines is 1. The van der Waals surface area contributed by atoms with E-state index in [2.05, 4.69) is 29.6 Å². The number of rotatable bonds is 6. The van der Waals surface area contributed by atoms with E-state index in [9.17, 15) is 9.59 Å². The lowest BCUT2D eigenvalue weighted by Gasteiger charge is -2.09. The summed E-state index contributed by atoms with van der Waals surface area (Å²) in [6, 6.07) is 25.3. The molecule has 0 aliphatic carbocycles. The maximum Gasteiger partial charge on any atom is 0.230 e. The Morgan fingerprint density at radius 2 is 1.55 bits per heavy atom. The highest BCUT2D eigenvalue weighted by atomic mass is 32.1. The van der Waals surface area contributed by atoms with Gasteiger partial charge in [0.15, 0.2) is 5.78 Å². The van der Waals surface area contributed by atoms with Gasteiger partial charge in [-0.3, -0.25) is 9.59 Å². The van der Waals surface area contributed by atoms with Gasteiger partial charge in [0, 0.05) is 11.1 Å². The zero-order valence-electron chi connectivity index (χ0n) is 17.4. The quantitative estimate of drug-likeness (QED) is 0.375. The van der Waals surface area contributed by atoms with Gasteiger partial charge in [0.2, 0.25) is 5.91 Å². The molecule has 1 heterocycles. The number of benzene rings is 3. The number of aromatic nitrogens is 1. The first-order valence-corrected chi connectivity index (χ1v) is 10.8. The van der Waals surface area contributed by atoms with Gasteiger partial charge < -0.3 is 5.32 Å². The highest BCUT2D eigenvalue weighted by molar-refractivity contribution is 7.18. The zero-order valence-corrected chi connectivity index (χ0v) is 18.2. The molecular weight excluding hydrogens is 404 g/mol. The van der Waals surface area contributed by atoms with Crippen molar-refractivity contribution in [1.82, 2.24) is 4.98 Å². The van der Waals surface area contributed by atoms with Crippen molar-refractivity contribution in [2.24, 2.45) is 0 Å². The highest BCUT2D eigenvalue weighted by Crippen LogP contribution is 2.36. The minimum atomic E-state index is -0.202. The first-order chi connectivity index (χ1) is 15.0. The Kier molecular flexibility index (Phi) is 6.05. The molecule has 1 aromatic heterocycles. The van der Waals surface area contributed by atoms with Gasteiger partial charge in [-0.05, 0) is 31.5 Å². The number of hydrogen-bond donors (Lipinski definition) is 1. The Balaban J connectivity index is 1.67. The lowest BCUT2D eigenvalue weighted by Crippen LogP contribution is -2.17. The van der Waals surface area contributed by atoms with E-state index in [-0.39, 0.29) is 18.1 Å². The summed E-state index contributed by atoms with van der Waals surface area (Å²) >= 11 is 1.58. The zero-order chi connectivity index (χ0) is 21.8. The first kappa shape index (κ1) is 20.7. The number of hydrogen-bond acceptors (Lipinski definition) is 4. The van der Waals surface area contributed by atoms with Crippen LogP contribution in [0.2, 0.25) is 0 Å². The Hall–Kier alpha value is -3.57. The summed E-state index contributed by atoms with van der Waals surface area (Å²) in [4.78, 5) is 30.5. The summed E-state index contributed by atoms with van der Waals surface area (Å²) in [6.07, 6.45) is 0.124. The van der Waals surface area contributed by atoms with E-state index in [1.807, 2.05) is 37.3 Å². The van der Waals surface area contributed by atoms with Crippen molar-refractivity contribution in [2.45, 2.75) is 20.3 Å². The third-order valence-corrected chi connectivity index (χ3v) is 6.14. The van der Waals surface area contributed by atoms with E-state index in [4.69, 9.17) is 4.98 Å². The van der Waals surface area contributed by atoms with E-state index in [1.54, 1.807) is 35.6 Å². The van der Waals surface area contributed by atoms with Gasteiger partial charge in [0.1, 0.15) is 5.01 Å². The van der Waals surface area contributed by atoms with E-state index in [0.29, 0.717) is 11.3 Å². The summed E-state index contributed by atoms with van der Waals surface area (Å²) in [7, 11) is 0. The second kappa shape index (κ2) is 9.06. The fourth-order valence-corrected chi connectivity index (χ4v) is 4.44. The SMILES string of the molecule is CC(=O)c1ccccc1NC(=O)Cc1nc(-c2ccccc2)sc1-c1ccc(C)cc1. The van der Waals surface area contributed by atoms with Crippen molar-refractivity contribution in [3.8, 4) is 21.0 Å². The molecule has 0 unspecified atom stereocenters. The number of amides is 1. The number of nitrogens with one attached hydrogen (secondary N) is 1. The van der Waals surface area contributed by atoms with Gasteiger partial charge in [-0.1, -0.05) is 72.3 Å². The van der Waals surface area contributed by atoms with Crippen LogP contribution in [0.1, 0.15) is 28.5 Å². The van der Waals surface area contributed by atoms with Crippen LogP contribution >= 0.6 is 11.3 Å². The van der Waals surface area contributed by atoms with Gasteiger partial charge in [-0.25, -0.2) is 4.98 Å². The summed E-state index contributed by atoms with van der Waals surface area (Å²) in [6.45, 7) is 3.54. The number of Topliss-reactive ketones (excluding diaryl/α,β-unsaturated/α-hetero) is 1. The van der Waals surface area contributed by atoms with Crippen LogP contribution in [0.5, 0.6) is 0 Å². The minimum absolute atomic E-state index is 0.0868. The molecule has 0 fully saturated rings. The summed E-state index contributed by atoms with van der Waals surface area (Å²) in [5, 5.41) is 3.76. The summed E-state index contributed by atoms with van der Waals surface area (Å²) in [5.41, 5.74) is 4.99. The molecule has 4 rings (SSSR count). The maximum absolute atomic E-state index is 12.9. The molecule has 4 nitrogen and oxygen atoms in total. The normalized spacial score (nSPS) is 10.6. The number of carbonyl (C=O) groups excluding carboxylic acids is 2. The molecule has 0 saturated carbocycles. The lowest BCUT2D eigenvalue weighted by atomic mass is 10.1. The second-order valence-corrected chi connectivity index (χ2v) is 8.35.